The summed E-state index contributed by atoms with van der Waals surface area (Å²) >= 11 is 0. The van der Waals surface area contributed by atoms with E-state index in [0.29, 0.717) is 24.0 Å². The van der Waals surface area contributed by atoms with E-state index in [9.17, 15) is 15.2 Å². The zero-order valence-electron chi connectivity index (χ0n) is 16.1. The summed E-state index contributed by atoms with van der Waals surface area (Å²) in [7, 11) is 0. The first-order valence-electron chi connectivity index (χ1n) is 9.38. The van der Waals surface area contributed by atoms with Crippen molar-refractivity contribution < 1.29 is 14.6 Å². The number of hydrogen-bond donors (Lipinski definition) is 1. The number of piperidine rings is 2. The minimum Gasteiger partial charge on any atom is -0.444 e. The number of fused-ring (bicyclic) bond motifs is 2. The quantitative estimate of drug-likeness (QED) is 0.825. The zero-order chi connectivity index (χ0) is 19.1. The van der Waals surface area contributed by atoms with Gasteiger partial charge in [0.2, 0.25) is 0 Å². The standard InChI is InChI=1S/C21H28N2O3/c1-14-8-9-18(15(10-14)13-22)21(25)11-16-6-5-7-17(12-21)23(16)19(24)26-20(2,3)4/h8-10,16-17,25H,5-7,11-12H2,1-4H3. The van der Waals surface area contributed by atoms with E-state index in [1.165, 1.54) is 0 Å². The number of carbonyl (C=O) groups is 1. The highest BCUT2D eigenvalue weighted by Gasteiger charge is 2.49. The third-order valence-corrected chi connectivity index (χ3v) is 5.41. The second kappa shape index (κ2) is 6.59. The molecule has 0 saturated carbocycles. The molecule has 26 heavy (non-hydrogen) atoms. The van der Waals surface area contributed by atoms with Crippen LogP contribution in [-0.4, -0.2) is 33.8 Å². The van der Waals surface area contributed by atoms with Crippen LogP contribution in [0.15, 0.2) is 18.2 Å². The Balaban J connectivity index is 1.90. The van der Waals surface area contributed by atoms with Crippen LogP contribution in [-0.2, 0) is 10.3 Å². The normalized spacial score (nSPS) is 28.4. The minimum absolute atomic E-state index is 0.0600. The first-order valence-corrected chi connectivity index (χ1v) is 9.38. The van der Waals surface area contributed by atoms with Gasteiger partial charge in [0.25, 0.3) is 0 Å². The number of benzene rings is 1. The number of carbonyl (C=O) groups excluding carboxylic acids is 1. The Kier molecular flexibility index (Phi) is 4.74. The molecule has 2 aliphatic rings. The molecule has 2 saturated heterocycles. The average Bonchev–Trinajstić information content (AvgIpc) is 2.51. The van der Waals surface area contributed by atoms with Crippen molar-refractivity contribution in [2.24, 2.45) is 0 Å². The van der Waals surface area contributed by atoms with Crippen LogP contribution in [0, 0.1) is 18.3 Å². The summed E-state index contributed by atoms with van der Waals surface area (Å²) in [6.07, 6.45) is 3.35. The SMILES string of the molecule is Cc1ccc(C2(O)CC3CCCC(C2)N3C(=O)OC(C)(C)C)c(C#N)c1. The highest BCUT2D eigenvalue weighted by Crippen LogP contribution is 2.45. The molecule has 2 unspecified atom stereocenters. The van der Waals surface area contributed by atoms with Gasteiger partial charge in [-0.15, -0.1) is 0 Å². The van der Waals surface area contributed by atoms with Crippen LogP contribution in [0.2, 0.25) is 0 Å². The highest BCUT2D eigenvalue weighted by atomic mass is 16.6. The fraction of sp³-hybridized carbons (Fsp3) is 0.619. The van der Waals surface area contributed by atoms with Crippen molar-refractivity contribution in [2.45, 2.75) is 83.1 Å². The van der Waals surface area contributed by atoms with E-state index in [1.807, 2.05) is 50.8 Å². The maximum absolute atomic E-state index is 12.7. The fourth-order valence-corrected chi connectivity index (χ4v) is 4.42. The molecule has 2 aliphatic heterocycles. The van der Waals surface area contributed by atoms with Crippen molar-refractivity contribution in [1.29, 1.82) is 5.26 Å². The van der Waals surface area contributed by atoms with Gasteiger partial charge in [0.15, 0.2) is 0 Å². The second-order valence-electron chi connectivity index (χ2n) is 8.73. The molecule has 1 N–H and O–H groups in total. The molecule has 1 aromatic carbocycles. The van der Waals surface area contributed by atoms with Gasteiger partial charge in [-0.25, -0.2) is 4.79 Å². The Hall–Kier alpha value is -2.06. The molecular formula is C21H28N2O3. The first-order chi connectivity index (χ1) is 12.1. The van der Waals surface area contributed by atoms with Crippen LogP contribution in [0.3, 0.4) is 0 Å². The molecule has 140 valence electrons. The smallest absolute Gasteiger partial charge is 0.410 e. The molecule has 2 atom stereocenters. The topological polar surface area (TPSA) is 73.6 Å². The van der Waals surface area contributed by atoms with Crippen molar-refractivity contribution in [3.8, 4) is 6.07 Å². The Bertz CT molecular complexity index is 731. The third kappa shape index (κ3) is 3.57. The number of aryl methyl sites for hydroxylation is 1. The lowest BCUT2D eigenvalue weighted by Gasteiger charge is -2.52. The largest absolute Gasteiger partial charge is 0.444 e. The average molecular weight is 356 g/mol. The molecule has 2 fully saturated rings. The Morgan fingerprint density at radius 1 is 1.31 bits per heavy atom. The predicted octanol–water partition coefficient (Wildman–Crippen LogP) is 4.01. The van der Waals surface area contributed by atoms with Crippen molar-refractivity contribution in [3.63, 3.8) is 0 Å². The van der Waals surface area contributed by atoms with Gasteiger partial charge in [0.05, 0.1) is 17.2 Å². The van der Waals surface area contributed by atoms with Crippen molar-refractivity contribution in [2.75, 3.05) is 0 Å². The number of hydrogen-bond acceptors (Lipinski definition) is 4. The van der Waals surface area contributed by atoms with E-state index >= 15 is 0 Å². The summed E-state index contributed by atoms with van der Waals surface area (Å²) in [4.78, 5) is 14.5. The monoisotopic (exact) mass is 356 g/mol. The number of rotatable bonds is 1. The minimum atomic E-state index is -1.08. The van der Waals surface area contributed by atoms with Crippen LogP contribution >= 0.6 is 0 Å². The lowest BCUT2D eigenvalue weighted by Crippen LogP contribution is -2.59. The summed E-state index contributed by atoms with van der Waals surface area (Å²) in [5, 5.41) is 21.0. The van der Waals surface area contributed by atoms with Crippen LogP contribution < -0.4 is 0 Å². The van der Waals surface area contributed by atoms with Gasteiger partial charge in [0.1, 0.15) is 5.60 Å². The number of aliphatic hydroxyl groups is 1. The predicted molar refractivity (Wildman–Crippen MR) is 98.5 cm³/mol. The molecule has 3 rings (SSSR count). The molecule has 1 aromatic rings. The van der Waals surface area contributed by atoms with E-state index in [2.05, 4.69) is 6.07 Å². The number of nitrogens with zero attached hydrogens (tertiary/aromatic N) is 2. The van der Waals surface area contributed by atoms with Crippen LogP contribution in [0.5, 0.6) is 0 Å². The van der Waals surface area contributed by atoms with Crippen molar-refractivity contribution in [1.82, 2.24) is 4.90 Å². The number of ether oxygens (including phenoxy) is 1. The first kappa shape index (κ1) is 18.7. The molecular weight excluding hydrogens is 328 g/mol. The van der Waals surface area contributed by atoms with Gasteiger partial charge in [-0.1, -0.05) is 12.1 Å². The molecule has 0 radical (unpaired) electrons. The summed E-state index contributed by atoms with van der Waals surface area (Å²) in [6.45, 7) is 7.54. The molecule has 2 heterocycles. The molecule has 5 nitrogen and oxygen atoms in total. The third-order valence-electron chi connectivity index (χ3n) is 5.41. The number of nitriles is 1. The lowest BCUT2D eigenvalue weighted by atomic mass is 9.71. The summed E-state index contributed by atoms with van der Waals surface area (Å²) in [6, 6.07) is 7.73. The lowest BCUT2D eigenvalue weighted by molar-refractivity contribution is -0.0966. The van der Waals surface area contributed by atoms with Crippen molar-refractivity contribution in [3.05, 3.63) is 34.9 Å². The summed E-state index contributed by atoms with van der Waals surface area (Å²) in [5.41, 5.74) is 0.597. The van der Waals surface area contributed by atoms with E-state index in [4.69, 9.17) is 4.74 Å². The molecule has 1 amide bonds. The zero-order valence-corrected chi connectivity index (χ0v) is 16.1. The molecule has 2 bridgehead atoms. The Morgan fingerprint density at radius 3 is 2.46 bits per heavy atom. The Labute approximate surface area is 155 Å². The maximum atomic E-state index is 12.7. The maximum Gasteiger partial charge on any atom is 0.410 e. The van der Waals surface area contributed by atoms with Crippen LogP contribution in [0.4, 0.5) is 4.79 Å². The Morgan fingerprint density at radius 2 is 1.92 bits per heavy atom. The van der Waals surface area contributed by atoms with Crippen molar-refractivity contribution >= 4 is 6.09 Å². The van der Waals surface area contributed by atoms with Gasteiger partial charge in [0, 0.05) is 30.5 Å². The second-order valence-corrected chi connectivity index (χ2v) is 8.73. The molecule has 0 aromatic heterocycles. The van der Waals surface area contributed by atoms with Gasteiger partial charge in [-0.3, -0.25) is 0 Å². The fourth-order valence-electron chi connectivity index (χ4n) is 4.42. The molecule has 5 heteroatoms. The van der Waals surface area contributed by atoms with E-state index < -0.39 is 11.2 Å². The summed E-state index contributed by atoms with van der Waals surface area (Å²) in [5.74, 6) is 0. The molecule has 0 spiro atoms. The highest BCUT2D eigenvalue weighted by molar-refractivity contribution is 5.69. The van der Waals surface area contributed by atoms with Crippen LogP contribution in [0.1, 0.15) is 69.6 Å². The summed E-state index contributed by atoms with van der Waals surface area (Å²) < 4.78 is 5.60. The van der Waals surface area contributed by atoms with Gasteiger partial charge in [-0.05, 0) is 58.6 Å². The van der Waals surface area contributed by atoms with E-state index in [-0.39, 0.29) is 18.2 Å². The molecule has 0 aliphatic carbocycles. The van der Waals surface area contributed by atoms with E-state index in [0.717, 1.165) is 24.8 Å². The van der Waals surface area contributed by atoms with Gasteiger partial charge < -0.3 is 14.7 Å². The van der Waals surface area contributed by atoms with E-state index in [1.54, 1.807) is 0 Å². The van der Waals surface area contributed by atoms with Gasteiger partial charge in [-0.2, -0.15) is 5.26 Å². The van der Waals surface area contributed by atoms with Gasteiger partial charge >= 0.3 is 6.09 Å². The number of amides is 1. The van der Waals surface area contributed by atoms with Crippen LogP contribution in [0.25, 0.3) is 0 Å².